The first kappa shape index (κ1) is 20.8. The molecule has 4 rings (SSSR count). The molecule has 2 heterocycles. The summed E-state index contributed by atoms with van der Waals surface area (Å²) < 4.78 is 0. The first-order valence-electron chi connectivity index (χ1n) is 10.6. The summed E-state index contributed by atoms with van der Waals surface area (Å²) in [7, 11) is 0. The van der Waals surface area contributed by atoms with Gasteiger partial charge in [-0.05, 0) is 36.2 Å². The Balaban J connectivity index is 1.34. The fourth-order valence-corrected chi connectivity index (χ4v) is 4.26. The van der Waals surface area contributed by atoms with E-state index in [9.17, 15) is 19.7 Å². The topological polar surface area (TPSA) is 87.0 Å². The fourth-order valence-electron chi connectivity index (χ4n) is 4.26. The minimum Gasteiger partial charge on any atom is -0.368 e. The van der Waals surface area contributed by atoms with Gasteiger partial charge in [-0.25, -0.2) is 0 Å². The number of amides is 2. The third-order valence-corrected chi connectivity index (χ3v) is 6.15. The van der Waals surface area contributed by atoms with Gasteiger partial charge in [-0.2, -0.15) is 0 Å². The van der Waals surface area contributed by atoms with Crippen LogP contribution in [0.15, 0.2) is 48.5 Å². The zero-order valence-corrected chi connectivity index (χ0v) is 17.6. The van der Waals surface area contributed by atoms with Crippen molar-refractivity contribution in [1.82, 2.24) is 4.90 Å². The van der Waals surface area contributed by atoms with Crippen LogP contribution in [0.5, 0.6) is 0 Å². The Labute approximate surface area is 181 Å². The minimum absolute atomic E-state index is 0.00730. The Morgan fingerprint density at radius 2 is 1.61 bits per heavy atom. The van der Waals surface area contributed by atoms with Crippen molar-refractivity contribution in [2.45, 2.75) is 19.8 Å². The highest BCUT2D eigenvalue weighted by Crippen LogP contribution is 2.28. The maximum atomic E-state index is 13.0. The van der Waals surface area contributed by atoms with Crippen molar-refractivity contribution < 1.29 is 14.5 Å². The van der Waals surface area contributed by atoms with Crippen molar-refractivity contribution in [2.24, 2.45) is 5.92 Å². The van der Waals surface area contributed by atoms with Gasteiger partial charge in [0.2, 0.25) is 11.8 Å². The molecule has 2 aromatic rings. The predicted molar refractivity (Wildman–Crippen MR) is 118 cm³/mol. The molecule has 2 aromatic carbocycles. The van der Waals surface area contributed by atoms with E-state index in [2.05, 4.69) is 11.8 Å². The first-order chi connectivity index (χ1) is 15.0. The third kappa shape index (κ3) is 4.38. The molecular weight excluding hydrogens is 396 g/mol. The molecule has 2 saturated heterocycles. The van der Waals surface area contributed by atoms with E-state index in [0.717, 1.165) is 17.8 Å². The SMILES string of the molecule is CCc1ccc(N2C[C@H](C(=O)N3CCN(c4ccc([N+](=O)[O-])cc4)CC3)CC2=O)cc1. The summed E-state index contributed by atoms with van der Waals surface area (Å²) in [6.45, 7) is 4.98. The van der Waals surface area contributed by atoms with Gasteiger partial charge in [-0.1, -0.05) is 19.1 Å². The molecule has 2 aliphatic heterocycles. The highest BCUT2D eigenvalue weighted by molar-refractivity contribution is 6.00. The Kier molecular flexibility index (Phi) is 5.88. The summed E-state index contributed by atoms with van der Waals surface area (Å²) in [4.78, 5) is 41.7. The molecule has 1 atom stereocenters. The third-order valence-electron chi connectivity index (χ3n) is 6.15. The molecule has 31 heavy (non-hydrogen) atoms. The van der Waals surface area contributed by atoms with E-state index in [1.165, 1.54) is 17.7 Å². The maximum absolute atomic E-state index is 13.0. The van der Waals surface area contributed by atoms with Gasteiger partial charge in [-0.15, -0.1) is 0 Å². The van der Waals surface area contributed by atoms with Crippen LogP contribution in [0.4, 0.5) is 17.1 Å². The number of nitro groups is 1. The molecule has 0 N–H and O–H groups in total. The smallest absolute Gasteiger partial charge is 0.269 e. The van der Waals surface area contributed by atoms with Crippen LogP contribution in [-0.4, -0.2) is 54.4 Å². The molecule has 2 amide bonds. The van der Waals surface area contributed by atoms with E-state index in [1.54, 1.807) is 17.0 Å². The van der Waals surface area contributed by atoms with Crippen LogP contribution in [-0.2, 0) is 16.0 Å². The molecule has 0 saturated carbocycles. The van der Waals surface area contributed by atoms with Gasteiger partial charge in [0.05, 0.1) is 10.8 Å². The molecule has 0 aliphatic carbocycles. The summed E-state index contributed by atoms with van der Waals surface area (Å²) in [6, 6.07) is 14.4. The van der Waals surface area contributed by atoms with Gasteiger partial charge < -0.3 is 14.7 Å². The quantitative estimate of drug-likeness (QED) is 0.546. The molecule has 162 valence electrons. The number of piperazine rings is 1. The second kappa shape index (κ2) is 8.75. The number of benzene rings is 2. The second-order valence-corrected chi connectivity index (χ2v) is 8.01. The summed E-state index contributed by atoms with van der Waals surface area (Å²) in [5.41, 5.74) is 3.04. The lowest BCUT2D eigenvalue weighted by atomic mass is 10.1. The predicted octanol–water partition coefficient (Wildman–Crippen LogP) is 2.86. The largest absolute Gasteiger partial charge is 0.368 e. The zero-order chi connectivity index (χ0) is 22.0. The number of nitrogens with zero attached hydrogens (tertiary/aromatic N) is 4. The molecule has 2 fully saturated rings. The minimum atomic E-state index is -0.412. The molecular formula is C23H26N4O4. The summed E-state index contributed by atoms with van der Waals surface area (Å²) >= 11 is 0. The van der Waals surface area contributed by atoms with E-state index < -0.39 is 4.92 Å². The number of aryl methyl sites for hydroxylation is 1. The van der Waals surface area contributed by atoms with E-state index >= 15 is 0 Å². The molecule has 0 unspecified atom stereocenters. The van der Waals surface area contributed by atoms with Crippen LogP contribution in [0.25, 0.3) is 0 Å². The molecule has 0 radical (unpaired) electrons. The van der Waals surface area contributed by atoms with Crippen molar-refractivity contribution in [3.8, 4) is 0 Å². The van der Waals surface area contributed by atoms with Gasteiger partial charge in [0.15, 0.2) is 0 Å². The van der Waals surface area contributed by atoms with Crippen molar-refractivity contribution in [1.29, 1.82) is 0 Å². The van der Waals surface area contributed by atoms with E-state index in [0.29, 0.717) is 32.7 Å². The number of carbonyl (C=O) groups is 2. The lowest BCUT2D eigenvalue weighted by Crippen LogP contribution is -2.50. The summed E-state index contributed by atoms with van der Waals surface area (Å²) in [5.74, 6) is -0.291. The van der Waals surface area contributed by atoms with Gasteiger partial charge >= 0.3 is 0 Å². The van der Waals surface area contributed by atoms with Gasteiger partial charge in [0, 0.05) is 62.7 Å². The normalized spacial score (nSPS) is 19.1. The number of anilines is 2. The Morgan fingerprint density at radius 3 is 2.19 bits per heavy atom. The number of non-ortho nitro benzene ring substituents is 1. The van der Waals surface area contributed by atoms with Crippen LogP contribution in [0.3, 0.4) is 0 Å². The molecule has 0 spiro atoms. The monoisotopic (exact) mass is 422 g/mol. The standard InChI is InChI=1S/C23H26N4O4/c1-2-17-3-5-20(6-4-17)26-16-18(15-22(26)28)23(29)25-13-11-24(12-14-25)19-7-9-21(10-8-19)27(30)31/h3-10,18H,2,11-16H2,1H3/t18-/m1/s1. The highest BCUT2D eigenvalue weighted by Gasteiger charge is 2.38. The molecule has 8 nitrogen and oxygen atoms in total. The van der Waals surface area contributed by atoms with Crippen molar-refractivity contribution in [2.75, 3.05) is 42.5 Å². The Hall–Kier alpha value is -3.42. The average molecular weight is 422 g/mol. The van der Waals surface area contributed by atoms with Crippen molar-refractivity contribution >= 4 is 28.9 Å². The second-order valence-electron chi connectivity index (χ2n) is 8.01. The van der Waals surface area contributed by atoms with Crippen LogP contribution in [0.2, 0.25) is 0 Å². The van der Waals surface area contributed by atoms with Crippen LogP contribution in [0, 0.1) is 16.0 Å². The van der Waals surface area contributed by atoms with Crippen molar-refractivity contribution in [3.05, 3.63) is 64.2 Å². The number of carbonyl (C=O) groups excluding carboxylic acids is 2. The molecule has 0 bridgehead atoms. The summed E-state index contributed by atoms with van der Waals surface area (Å²) in [5, 5.41) is 10.8. The molecule has 2 aliphatic rings. The van der Waals surface area contributed by atoms with Crippen molar-refractivity contribution in [3.63, 3.8) is 0 Å². The number of hydrogen-bond acceptors (Lipinski definition) is 5. The summed E-state index contributed by atoms with van der Waals surface area (Å²) in [6.07, 6.45) is 1.19. The fraction of sp³-hybridized carbons (Fsp3) is 0.391. The zero-order valence-electron chi connectivity index (χ0n) is 17.6. The maximum Gasteiger partial charge on any atom is 0.269 e. The number of hydrogen-bond donors (Lipinski definition) is 0. The lowest BCUT2D eigenvalue weighted by molar-refractivity contribution is -0.384. The number of rotatable bonds is 5. The average Bonchev–Trinajstić information content (AvgIpc) is 3.20. The first-order valence-corrected chi connectivity index (χ1v) is 10.6. The Morgan fingerprint density at radius 1 is 1.00 bits per heavy atom. The molecule has 8 heteroatoms. The van der Waals surface area contributed by atoms with Crippen LogP contribution < -0.4 is 9.80 Å². The van der Waals surface area contributed by atoms with E-state index in [1.807, 2.05) is 29.2 Å². The van der Waals surface area contributed by atoms with Crippen LogP contribution in [0.1, 0.15) is 18.9 Å². The number of nitro benzene ring substituents is 1. The van der Waals surface area contributed by atoms with Gasteiger partial charge in [0.1, 0.15) is 0 Å². The Bertz CT molecular complexity index is 966. The molecule has 0 aromatic heterocycles. The lowest BCUT2D eigenvalue weighted by Gasteiger charge is -2.37. The van der Waals surface area contributed by atoms with E-state index in [-0.39, 0.29) is 29.8 Å². The highest BCUT2D eigenvalue weighted by atomic mass is 16.6. The van der Waals surface area contributed by atoms with Crippen LogP contribution >= 0.6 is 0 Å². The van der Waals surface area contributed by atoms with E-state index in [4.69, 9.17) is 0 Å². The van der Waals surface area contributed by atoms with Gasteiger partial charge in [-0.3, -0.25) is 19.7 Å². The van der Waals surface area contributed by atoms with Gasteiger partial charge in [0.25, 0.3) is 5.69 Å².